The Bertz CT molecular complexity index is 614. The average Bonchev–Trinajstić information content (AvgIpc) is 3.01. The van der Waals surface area contributed by atoms with Crippen molar-refractivity contribution >= 4 is 23.1 Å². The summed E-state index contributed by atoms with van der Waals surface area (Å²) < 4.78 is 5.99. The zero-order valence-corrected chi connectivity index (χ0v) is 12.4. The van der Waals surface area contributed by atoms with E-state index in [1.165, 1.54) is 5.56 Å². The number of amides is 1. The van der Waals surface area contributed by atoms with Crippen LogP contribution in [0.3, 0.4) is 0 Å². The van der Waals surface area contributed by atoms with E-state index in [2.05, 4.69) is 26.5 Å². The van der Waals surface area contributed by atoms with Crippen molar-refractivity contribution in [3.63, 3.8) is 0 Å². The first-order chi connectivity index (χ1) is 10.1. The van der Waals surface area contributed by atoms with Gasteiger partial charge in [-0.25, -0.2) is 0 Å². The number of carbonyl (C=O) groups excluding carboxylic acids is 1. The molecule has 0 bridgehead atoms. The first-order valence-electron chi connectivity index (χ1n) is 6.69. The number of hydrogen-bond donors (Lipinski definition) is 1. The van der Waals surface area contributed by atoms with Gasteiger partial charge in [0.05, 0.1) is 6.10 Å². The summed E-state index contributed by atoms with van der Waals surface area (Å²) in [6.45, 7) is 3.49. The van der Waals surface area contributed by atoms with Crippen LogP contribution in [0, 0.1) is 0 Å². The highest BCUT2D eigenvalue weighted by Crippen LogP contribution is 2.28. The molecule has 0 saturated carbocycles. The summed E-state index contributed by atoms with van der Waals surface area (Å²) in [6.07, 6.45) is 0.124. The van der Waals surface area contributed by atoms with Gasteiger partial charge in [0.2, 0.25) is 0 Å². The fourth-order valence-electron chi connectivity index (χ4n) is 2.41. The van der Waals surface area contributed by atoms with Gasteiger partial charge in [-0.3, -0.25) is 4.79 Å². The summed E-state index contributed by atoms with van der Waals surface area (Å²) in [4.78, 5) is 13.2. The number of hydrogen-bond acceptors (Lipinski definition) is 6. The molecule has 110 valence electrons. The van der Waals surface area contributed by atoms with Crippen molar-refractivity contribution in [2.75, 3.05) is 18.0 Å². The smallest absolute Gasteiger partial charge is 0.269 e. The van der Waals surface area contributed by atoms with Crippen molar-refractivity contribution in [2.24, 2.45) is 5.73 Å². The van der Waals surface area contributed by atoms with Crippen molar-refractivity contribution < 1.29 is 9.53 Å². The number of morpholine rings is 1. The van der Waals surface area contributed by atoms with Crippen LogP contribution in [0.2, 0.25) is 0 Å². The third kappa shape index (κ3) is 3.03. The molecule has 1 aliphatic rings. The molecule has 0 radical (unpaired) electrons. The van der Waals surface area contributed by atoms with Gasteiger partial charge in [-0.15, -0.1) is 10.2 Å². The minimum atomic E-state index is -0.569. The van der Waals surface area contributed by atoms with Gasteiger partial charge in [-0.05, 0) is 41.4 Å². The lowest BCUT2D eigenvalue weighted by Crippen LogP contribution is -2.43. The zero-order valence-electron chi connectivity index (χ0n) is 11.6. The molecule has 2 N–H and O–H groups in total. The van der Waals surface area contributed by atoms with Crippen LogP contribution in [0.25, 0.3) is 0 Å². The quantitative estimate of drug-likeness (QED) is 0.931. The Morgan fingerprint density at radius 1 is 1.38 bits per heavy atom. The largest absolute Gasteiger partial charge is 0.367 e. The van der Waals surface area contributed by atoms with Gasteiger partial charge in [0.25, 0.3) is 5.91 Å². The van der Waals surface area contributed by atoms with E-state index in [0.717, 1.165) is 12.4 Å². The van der Waals surface area contributed by atoms with Crippen molar-refractivity contribution in [1.29, 1.82) is 0 Å². The van der Waals surface area contributed by atoms with E-state index in [1.54, 1.807) is 23.5 Å². The maximum Gasteiger partial charge on any atom is 0.269 e. The maximum absolute atomic E-state index is 11.0. The van der Waals surface area contributed by atoms with Gasteiger partial charge in [0.15, 0.2) is 11.5 Å². The molecule has 1 amide bonds. The number of nitrogens with two attached hydrogens (primary N) is 1. The molecule has 21 heavy (non-hydrogen) atoms. The van der Waals surface area contributed by atoms with Crippen molar-refractivity contribution in [2.45, 2.75) is 19.1 Å². The van der Waals surface area contributed by atoms with Crippen LogP contribution in [0.15, 0.2) is 29.0 Å². The van der Waals surface area contributed by atoms with Gasteiger partial charge >= 0.3 is 0 Å². The molecule has 3 heterocycles. The third-order valence-electron chi connectivity index (χ3n) is 3.40. The second-order valence-corrected chi connectivity index (χ2v) is 5.82. The predicted molar refractivity (Wildman–Crippen MR) is 80.4 cm³/mol. The molecule has 7 heteroatoms. The number of carbonyl (C=O) groups is 1. The van der Waals surface area contributed by atoms with Crippen molar-refractivity contribution in [3.8, 4) is 0 Å². The lowest BCUT2D eigenvalue weighted by molar-refractivity contribution is -0.0174. The maximum atomic E-state index is 11.0. The fraction of sp³-hybridized carbons (Fsp3) is 0.357. The molecular formula is C14H16N4O2S. The number of rotatable bonds is 3. The monoisotopic (exact) mass is 304 g/mol. The first-order valence-corrected chi connectivity index (χ1v) is 7.64. The van der Waals surface area contributed by atoms with E-state index in [9.17, 15) is 4.79 Å². The fourth-order valence-corrected chi connectivity index (χ4v) is 3.11. The number of ether oxygens (including phenoxy) is 1. The summed E-state index contributed by atoms with van der Waals surface area (Å²) >= 11 is 1.66. The topological polar surface area (TPSA) is 81.3 Å². The Kier molecular flexibility index (Phi) is 3.85. The van der Waals surface area contributed by atoms with Gasteiger partial charge in [0, 0.05) is 13.1 Å². The minimum Gasteiger partial charge on any atom is -0.367 e. The molecule has 2 atom stereocenters. The number of anilines is 1. The Labute approximate surface area is 126 Å². The average molecular weight is 304 g/mol. The molecule has 6 nitrogen and oxygen atoms in total. The molecule has 0 aromatic carbocycles. The standard InChI is InChI=1S/C14H16N4O2S/c1-9-6-18(7-12(20-9)10-4-5-21-8-10)13-3-2-11(14(15)19)16-17-13/h2-5,8-9,12H,6-7H2,1H3,(H2,15,19). The van der Waals surface area contributed by atoms with Crippen LogP contribution < -0.4 is 10.6 Å². The zero-order chi connectivity index (χ0) is 14.8. The Morgan fingerprint density at radius 2 is 2.24 bits per heavy atom. The molecule has 0 aliphatic carbocycles. The molecule has 2 aromatic rings. The van der Waals surface area contributed by atoms with Crippen LogP contribution in [0.1, 0.15) is 29.1 Å². The second kappa shape index (κ2) is 5.79. The van der Waals surface area contributed by atoms with Crippen LogP contribution >= 0.6 is 11.3 Å². The molecule has 2 aromatic heterocycles. The Morgan fingerprint density at radius 3 is 2.86 bits per heavy atom. The summed E-state index contributed by atoms with van der Waals surface area (Å²) in [7, 11) is 0. The summed E-state index contributed by atoms with van der Waals surface area (Å²) in [5.41, 5.74) is 6.53. The number of thiophene rings is 1. The van der Waals surface area contributed by atoms with Gasteiger partial charge in [-0.1, -0.05) is 0 Å². The Hall–Kier alpha value is -1.99. The summed E-state index contributed by atoms with van der Waals surface area (Å²) in [5.74, 6) is 0.163. The van der Waals surface area contributed by atoms with Crippen LogP contribution in [-0.4, -0.2) is 35.3 Å². The highest BCUT2D eigenvalue weighted by Gasteiger charge is 2.27. The van der Waals surface area contributed by atoms with E-state index in [-0.39, 0.29) is 17.9 Å². The molecule has 3 rings (SSSR count). The second-order valence-electron chi connectivity index (χ2n) is 5.04. The van der Waals surface area contributed by atoms with E-state index in [4.69, 9.17) is 10.5 Å². The van der Waals surface area contributed by atoms with Gasteiger partial charge in [-0.2, -0.15) is 11.3 Å². The number of primary amides is 1. The lowest BCUT2D eigenvalue weighted by Gasteiger charge is -2.37. The van der Waals surface area contributed by atoms with Gasteiger partial charge in [0.1, 0.15) is 6.10 Å². The van der Waals surface area contributed by atoms with Crippen LogP contribution in [-0.2, 0) is 4.74 Å². The molecule has 0 spiro atoms. The highest BCUT2D eigenvalue weighted by atomic mass is 32.1. The minimum absolute atomic E-state index is 0.0256. The number of nitrogens with zero attached hydrogens (tertiary/aromatic N) is 3. The molecular weight excluding hydrogens is 288 g/mol. The summed E-state index contributed by atoms with van der Waals surface area (Å²) in [5, 5.41) is 12.1. The predicted octanol–water partition coefficient (Wildman–Crippen LogP) is 1.60. The first kappa shape index (κ1) is 14.0. The van der Waals surface area contributed by atoms with E-state index >= 15 is 0 Å². The van der Waals surface area contributed by atoms with Crippen molar-refractivity contribution in [3.05, 3.63) is 40.2 Å². The normalized spacial score (nSPS) is 22.2. The molecule has 1 saturated heterocycles. The highest BCUT2D eigenvalue weighted by molar-refractivity contribution is 7.07. The lowest BCUT2D eigenvalue weighted by atomic mass is 10.1. The molecule has 1 fully saturated rings. The van der Waals surface area contributed by atoms with Crippen LogP contribution in [0.4, 0.5) is 5.82 Å². The van der Waals surface area contributed by atoms with E-state index in [1.807, 2.05) is 12.3 Å². The molecule has 2 unspecified atom stereocenters. The van der Waals surface area contributed by atoms with Gasteiger partial charge < -0.3 is 15.4 Å². The SMILES string of the molecule is CC1CN(c2ccc(C(N)=O)nn2)CC(c2ccsc2)O1. The van der Waals surface area contributed by atoms with Crippen molar-refractivity contribution in [1.82, 2.24) is 10.2 Å². The third-order valence-corrected chi connectivity index (χ3v) is 4.10. The molecule has 1 aliphatic heterocycles. The van der Waals surface area contributed by atoms with E-state index in [0.29, 0.717) is 6.54 Å². The van der Waals surface area contributed by atoms with Crippen LogP contribution in [0.5, 0.6) is 0 Å². The number of aromatic nitrogens is 2. The Balaban J connectivity index is 1.79. The van der Waals surface area contributed by atoms with E-state index < -0.39 is 5.91 Å². The summed E-state index contributed by atoms with van der Waals surface area (Å²) in [6, 6.07) is 5.45.